The van der Waals surface area contributed by atoms with Crippen LogP contribution >= 0.6 is 0 Å². The van der Waals surface area contributed by atoms with Crippen molar-refractivity contribution in [2.45, 2.75) is 45.1 Å². The highest BCUT2D eigenvalue weighted by Crippen LogP contribution is 2.27. The van der Waals surface area contributed by atoms with Gasteiger partial charge in [0.2, 0.25) is 0 Å². The quantitative estimate of drug-likeness (QED) is 0.758. The van der Waals surface area contributed by atoms with Crippen LogP contribution in [0.15, 0.2) is 34.7 Å². The van der Waals surface area contributed by atoms with Crippen LogP contribution in [0.5, 0.6) is 0 Å². The minimum absolute atomic E-state index is 0.0184. The maximum Gasteiger partial charge on any atom is 0.341 e. The van der Waals surface area contributed by atoms with Crippen molar-refractivity contribution in [1.82, 2.24) is 0 Å². The Kier molecular flexibility index (Phi) is 4.27. The topological polar surface area (TPSA) is 39.4 Å². The minimum Gasteiger partial charge on any atom is -0.460 e. The van der Waals surface area contributed by atoms with Gasteiger partial charge in [-0.15, -0.1) is 0 Å². The molecule has 1 aromatic heterocycles. The third-order valence-corrected chi connectivity index (χ3v) is 4.09. The molecule has 1 heterocycles. The summed E-state index contributed by atoms with van der Waals surface area (Å²) >= 11 is 0. The van der Waals surface area contributed by atoms with Gasteiger partial charge in [0.05, 0.1) is 0 Å². The Labute approximate surface area is 129 Å². The number of carbonyl (C=O) groups is 1. The largest absolute Gasteiger partial charge is 0.460 e. The predicted molar refractivity (Wildman–Crippen MR) is 81.1 cm³/mol. The van der Waals surface area contributed by atoms with Crippen LogP contribution in [-0.4, -0.2) is 12.1 Å². The van der Waals surface area contributed by atoms with Crippen LogP contribution in [0.3, 0.4) is 0 Å². The third kappa shape index (κ3) is 3.21. The Balaban J connectivity index is 1.76. The fraction of sp³-hybridized carbons (Fsp3) is 0.389. The summed E-state index contributed by atoms with van der Waals surface area (Å²) in [5, 5.41) is 0. The number of ether oxygens (including phenoxy) is 1. The van der Waals surface area contributed by atoms with Crippen LogP contribution < -0.4 is 0 Å². The Bertz CT molecular complexity index is 651. The van der Waals surface area contributed by atoms with E-state index in [9.17, 15) is 9.18 Å². The van der Waals surface area contributed by atoms with E-state index in [-0.39, 0.29) is 17.9 Å². The van der Waals surface area contributed by atoms with Crippen molar-refractivity contribution in [2.24, 2.45) is 0 Å². The number of benzene rings is 1. The van der Waals surface area contributed by atoms with Gasteiger partial charge in [-0.1, -0.05) is 6.42 Å². The average molecular weight is 302 g/mol. The SMILES string of the molecule is Cc1oc(-c2ccc(F)cc2)cc1C(=O)OC1CCCCC1. The van der Waals surface area contributed by atoms with E-state index in [0.717, 1.165) is 31.2 Å². The van der Waals surface area contributed by atoms with Crippen molar-refractivity contribution in [2.75, 3.05) is 0 Å². The van der Waals surface area contributed by atoms with Gasteiger partial charge in [-0.3, -0.25) is 0 Å². The van der Waals surface area contributed by atoms with Crippen LogP contribution in [0.2, 0.25) is 0 Å². The van der Waals surface area contributed by atoms with Crippen LogP contribution in [0.25, 0.3) is 11.3 Å². The molecule has 1 fully saturated rings. The lowest BCUT2D eigenvalue weighted by molar-refractivity contribution is 0.0209. The lowest BCUT2D eigenvalue weighted by Crippen LogP contribution is -2.21. The summed E-state index contributed by atoms with van der Waals surface area (Å²) in [7, 11) is 0. The molecule has 1 aromatic carbocycles. The van der Waals surface area contributed by atoms with Gasteiger partial charge < -0.3 is 9.15 Å². The van der Waals surface area contributed by atoms with Crippen molar-refractivity contribution in [1.29, 1.82) is 0 Å². The van der Waals surface area contributed by atoms with Gasteiger partial charge in [-0.2, -0.15) is 0 Å². The molecule has 1 saturated carbocycles. The van der Waals surface area contributed by atoms with Crippen molar-refractivity contribution in [3.63, 3.8) is 0 Å². The maximum absolute atomic E-state index is 13.0. The van der Waals surface area contributed by atoms with Gasteiger partial charge in [-0.25, -0.2) is 9.18 Å². The predicted octanol–water partition coefficient (Wildman–Crippen LogP) is 4.88. The molecular weight excluding hydrogens is 283 g/mol. The zero-order valence-corrected chi connectivity index (χ0v) is 12.6. The Morgan fingerprint density at radius 3 is 2.55 bits per heavy atom. The monoisotopic (exact) mass is 302 g/mol. The van der Waals surface area contributed by atoms with Gasteiger partial charge in [0.25, 0.3) is 0 Å². The summed E-state index contributed by atoms with van der Waals surface area (Å²) in [6.45, 7) is 1.74. The molecule has 0 radical (unpaired) electrons. The second-order valence-electron chi connectivity index (χ2n) is 5.75. The molecule has 0 bridgehead atoms. The first-order chi connectivity index (χ1) is 10.6. The molecule has 2 aromatic rings. The lowest BCUT2D eigenvalue weighted by atomic mass is 9.98. The average Bonchev–Trinajstić information content (AvgIpc) is 2.91. The van der Waals surface area contributed by atoms with Crippen LogP contribution in [0, 0.1) is 12.7 Å². The van der Waals surface area contributed by atoms with Crippen LogP contribution in [0.4, 0.5) is 4.39 Å². The highest BCUT2D eigenvalue weighted by molar-refractivity contribution is 5.92. The van der Waals surface area contributed by atoms with E-state index >= 15 is 0 Å². The van der Waals surface area contributed by atoms with E-state index in [4.69, 9.17) is 9.15 Å². The summed E-state index contributed by atoms with van der Waals surface area (Å²) in [6.07, 6.45) is 5.34. The Hall–Kier alpha value is -2.10. The van der Waals surface area contributed by atoms with E-state index in [2.05, 4.69) is 0 Å². The molecule has 0 atom stereocenters. The van der Waals surface area contributed by atoms with Gasteiger partial charge in [-0.05, 0) is 62.9 Å². The fourth-order valence-electron chi connectivity index (χ4n) is 2.84. The molecule has 0 amide bonds. The number of hydrogen-bond acceptors (Lipinski definition) is 3. The first-order valence-electron chi connectivity index (χ1n) is 7.71. The normalized spacial score (nSPS) is 15.7. The van der Waals surface area contributed by atoms with E-state index in [1.54, 1.807) is 25.1 Å². The molecule has 0 aliphatic heterocycles. The van der Waals surface area contributed by atoms with E-state index in [1.165, 1.54) is 18.6 Å². The molecule has 22 heavy (non-hydrogen) atoms. The van der Waals surface area contributed by atoms with E-state index in [1.807, 2.05) is 0 Å². The highest BCUT2D eigenvalue weighted by atomic mass is 19.1. The molecule has 1 aliphatic carbocycles. The summed E-state index contributed by atoms with van der Waals surface area (Å²) in [5.74, 6) is 0.443. The first-order valence-corrected chi connectivity index (χ1v) is 7.71. The molecule has 1 aliphatic rings. The number of carbonyl (C=O) groups excluding carboxylic acids is 1. The lowest BCUT2D eigenvalue weighted by Gasteiger charge is -2.21. The van der Waals surface area contributed by atoms with Gasteiger partial charge in [0.1, 0.15) is 29.0 Å². The minimum atomic E-state index is -0.332. The standard InChI is InChI=1S/C18H19FO3/c1-12-16(18(20)22-15-5-3-2-4-6-15)11-17(21-12)13-7-9-14(19)10-8-13/h7-11,15H,2-6H2,1H3. The molecule has 0 saturated heterocycles. The summed E-state index contributed by atoms with van der Waals surface area (Å²) in [6, 6.07) is 7.67. The summed E-state index contributed by atoms with van der Waals surface area (Å²) in [4.78, 5) is 12.3. The molecule has 3 nitrogen and oxygen atoms in total. The molecule has 4 heteroatoms. The van der Waals surface area contributed by atoms with Crippen molar-refractivity contribution >= 4 is 5.97 Å². The number of aryl methyl sites for hydroxylation is 1. The molecule has 116 valence electrons. The van der Waals surface area contributed by atoms with E-state index < -0.39 is 0 Å². The number of rotatable bonds is 3. The zero-order chi connectivity index (χ0) is 15.5. The van der Waals surface area contributed by atoms with Crippen molar-refractivity contribution < 1.29 is 18.3 Å². The fourth-order valence-corrected chi connectivity index (χ4v) is 2.84. The van der Waals surface area contributed by atoms with Gasteiger partial charge >= 0.3 is 5.97 Å². The maximum atomic E-state index is 13.0. The number of hydrogen-bond donors (Lipinski definition) is 0. The van der Waals surface area contributed by atoms with Crippen molar-refractivity contribution in [3.8, 4) is 11.3 Å². The number of furan rings is 1. The molecule has 0 spiro atoms. The van der Waals surface area contributed by atoms with Crippen LogP contribution in [0.1, 0.15) is 48.2 Å². The first kappa shape index (κ1) is 14.8. The van der Waals surface area contributed by atoms with Crippen molar-refractivity contribution in [3.05, 3.63) is 47.5 Å². The van der Waals surface area contributed by atoms with E-state index in [0.29, 0.717) is 17.1 Å². The Morgan fingerprint density at radius 1 is 1.18 bits per heavy atom. The second-order valence-corrected chi connectivity index (χ2v) is 5.75. The summed E-state index contributed by atoms with van der Waals surface area (Å²) < 4.78 is 24.2. The highest BCUT2D eigenvalue weighted by Gasteiger charge is 2.22. The smallest absolute Gasteiger partial charge is 0.341 e. The third-order valence-electron chi connectivity index (χ3n) is 4.09. The van der Waals surface area contributed by atoms with Gasteiger partial charge in [0, 0.05) is 5.56 Å². The second kappa shape index (κ2) is 6.34. The molecule has 0 N–H and O–H groups in total. The molecule has 3 rings (SSSR count). The van der Waals surface area contributed by atoms with Crippen LogP contribution in [-0.2, 0) is 4.74 Å². The van der Waals surface area contributed by atoms with Gasteiger partial charge in [0.15, 0.2) is 0 Å². The number of halogens is 1. The number of esters is 1. The summed E-state index contributed by atoms with van der Waals surface area (Å²) in [5.41, 5.74) is 1.19. The molecular formula is C18H19FO3. The zero-order valence-electron chi connectivity index (χ0n) is 12.6. The Morgan fingerprint density at radius 2 is 1.86 bits per heavy atom. The molecule has 0 unspecified atom stereocenters.